The second-order valence-corrected chi connectivity index (χ2v) is 5.68. The number of ether oxygens (including phenoxy) is 1. The molecule has 5 nitrogen and oxygen atoms in total. The summed E-state index contributed by atoms with van der Waals surface area (Å²) in [6.45, 7) is 3.57. The minimum atomic E-state index is -3.00. The molecule has 16 heavy (non-hydrogen) atoms. The van der Waals surface area contributed by atoms with Crippen LogP contribution in [0.3, 0.4) is 0 Å². The van der Waals surface area contributed by atoms with Crippen LogP contribution in [0, 0.1) is 0 Å². The van der Waals surface area contributed by atoms with Crippen LogP contribution in [0.1, 0.15) is 11.1 Å². The lowest BCUT2D eigenvalue weighted by Crippen LogP contribution is -2.12. The Bertz CT molecular complexity index is 512. The van der Waals surface area contributed by atoms with Gasteiger partial charge < -0.3 is 4.74 Å². The highest BCUT2D eigenvalue weighted by Gasteiger charge is 2.27. The van der Waals surface area contributed by atoms with Crippen molar-refractivity contribution in [1.82, 2.24) is 4.57 Å². The average Bonchev–Trinajstić information content (AvgIpc) is 2.67. The van der Waals surface area contributed by atoms with E-state index < -0.39 is 15.9 Å². The van der Waals surface area contributed by atoms with Gasteiger partial charge in [-0.2, -0.15) is 0 Å². The normalized spacial score (nSPS) is 16.8. The molecule has 0 aliphatic carbocycles. The van der Waals surface area contributed by atoms with Gasteiger partial charge in [0.15, 0.2) is 9.84 Å². The maximum Gasteiger partial charge on any atom is 0.418 e. The van der Waals surface area contributed by atoms with Crippen molar-refractivity contribution in [3.63, 3.8) is 0 Å². The highest BCUT2D eigenvalue weighted by molar-refractivity contribution is 7.90. The van der Waals surface area contributed by atoms with Crippen LogP contribution in [-0.2, 0) is 26.1 Å². The zero-order valence-electron chi connectivity index (χ0n) is 8.55. The third-order valence-electron chi connectivity index (χ3n) is 2.29. The molecule has 1 aliphatic rings. The summed E-state index contributed by atoms with van der Waals surface area (Å²) in [5, 5.41) is 0. The molecule has 0 saturated carbocycles. The summed E-state index contributed by atoms with van der Waals surface area (Å²) in [5.74, 6) is 0.00808. The quantitative estimate of drug-likeness (QED) is 0.727. The molecule has 0 radical (unpaired) electrons. The number of sulfone groups is 1. The Labute approximate surface area is 93.2 Å². The molecular formula is C10H11NO4S. The fourth-order valence-electron chi connectivity index (χ4n) is 1.63. The number of carbonyl (C=O) groups excluding carboxylic acids is 1. The minimum absolute atomic E-state index is 0.00404. The minimum Gasteiger partial charge on any atom is -0.445 e. The molecular weight excluding hydrogens is 230 g/mol. The van der Waals surface area contributed by atoms with Crippen molar-refractivity contribution in [2.45, 2.75) is 11.5 Å². The molecule has 1 aliphatic heterocycles. The molecule has 0 aromatic carbocycles. The maximum absolute atomic E-state index is 11.4. The molecule has 0 bridgehead atoms. The first-order valence-electron chi connectivity index (χ1n) is 4.70. The second kappa shape index (κ2) is 3.79. The molecule has 0 spiro atoms. The van der Waals surface area contributed by atoms with Crippen molar-refractivity contribution in [2.24, 2.45) is 0 Å². The third-order valence-corrected chi connectivity index (χ3v) is 3.79. The molecule has 1 aromatic rings. The van der Waals surface area contributed by atoms with Crippen LogP contribution in [0.5, 0.6) is 0 Å². The lowest BCUT2D eigenvalue weighted by molar-refractivity contribution is 0.160. The topological polar surface area (TPSA) is 65.4 Å². The zero-order chi connectivity index (χ0) is 11.8. The Balaban J connectivity index is 2.17. The molecule has 2 rings (SSSR count). The van der Waals surface area contributed by atoms with Crippen molar-refractivity contribution < 1.29 is 17.9 Å². The van der Waals surface area contributed by atoms with Gasteiger partial charge in [-0.1, -0.05) is 12.7 Å². The van der Waals surface area contributed by atoms with Crippen molar-refractivity contribution in [3.05, 3.63) is 36.2 Å². The number of hydrogen-bond donors (Lipinski definition) is 0. The van der Waals surface area contributed by atoms with Crippen LogP contribution >= 0.6 is 0 Å². The third kappa shape index (κ3) is 2.01. The van der Waals surface area contributed by atoms with Gasteiger partial charge >= 0.3 is 6.09 Å². The van der Waals surface area contributed by atoms with E-state index >= 15 is 0 Å². The maximum atomic E-state index is 11.4. The van der Waals surface area contributed by atoms with Crippen LogP contribution in [0.2, 0.25) is 0 Å². The number of aromatic nitrogens is 1. The monoisotopic (exact) mass is 241 g/mol. The van der Waals surface area contributed by atoms with Gasteiger partial charge in [0.2, 0.25) is 0 Å². The van der Waals surface area contributed by atoms with Crippen LogP contribution in [0.25, 0.3) is 0 Å². The molecule has 6 heteroatoms. The molecule has 0 unspecified atom stereocenters. The molecule has 0 fully saturated rings. The van der Waals surface area contributed by atoms with Gasteiger partial charge in [0.1, 0.15) is 6.61 Å². The molecule has 2 heterocycles. The smallest absolute Gasteiger partial charge is 0.418 e. The fraction of sp³-hybridized carbons (Fsp3) is 0.300. The fourth-order valence-corrected chi connectivity index (χ4v) is 3.20. The van der Waals surface area contributed by atoms with Gasteiger partial charge in [0, 0.05) is 12.4 Å². The molecule has 1 aromatic heterocycles. The van der Waals surface area contributed by atoms with E-state index in [1.165, 1.54) is 23.0 Å². The van der Waals surface area contributed by atoms with E-state index in [4.69, 9.17) is 4.74 Å². The largest absolute Gasteiger partial charge is 0.445 e. The Kier molecular flexibility index (Phi) is 2.59. The van der Waals surface area contributed by atoms with E-state index in [1.807, 2.05) is 0 Å². The highest BCUT2D eigenvalue weighted by atomic mass is 32.2. The van der Waals surface area contributed by atoms with E-state index in [-0.39, 0.29) is 18.1 Å². The first kappa shape index (κ1) is 10.9. The van der Waals surface area contributed by atoms with Gasteiger partial charge in [-0.25, -0.2) is 13.2 Å². The molecule has 86 valence electrons. The number of carbonyl (C=O) groups is 1. The van der Waals surface area contributed by atoms with Gasteiger partial charge in [-0.05, 0) is 11.1 Å². The SMILES string of the molecule is C=CCOC(=O)n1cc2c(c1)CS(=O)(=O)C2. The molecule has 0 saturated heterocycles. The molecule has 0 amide bonds. The Hall–Kier alpha value is -1.56. The number of hydrogen-bond acceptors (Lipinski definition) is 4. The van der Waals surface area contributed by atoms with E-state index in [9.17, 15) is 13.2 Å². The zero-order valence-corrected chi connectivity index (χ0v) is 9.37. The summed E-state index contributed by atoms with van der Waals surface area (Å²) in [6.07, 6.45) is 3.96. The van der Waals surface area contributed by atoms with Crippen LogP contribution in [0.15, 0.2) is 25.0 Å². The lowest BCUT2D eigenvalue weighted by Gasteiger charge is -2.01. The Morgan fingerprint density at radius 2 is 2.00 bits per heavy atom. The predicted molar refractivity (Wildman–Crippen MR) is 57.7 cm³/mol. The number of fused-ring (bicyclic) bond motifs is 1. The Morgan fingerprint density at radius 1 is 1.44 bits per heavy atom. The van der Waals surface area contributed by atoms with Gasteiger partial charge in [0.05, 0.1) is 11.5 Å². The lowest BCUT2D eigenvalue weighted by atomic mass is 10.2. The first-order chi connectivity index (χ1) is 7.52. The summed E-state index contributed by atoms with van der Waals surface area (Å²) in [4.78, 5) is 11.4. The second-order valence-electron chi connectivity index (χ2n) is 3.61. The summed E-state index contributed by atoms with van der Waals surface area (Å²) in [6, 6.07) is 0. The van der Waals surface area contributed by atoms with Crippen molar-refractivity contribution >= 4 is 15.9 Å². The Morgan fingerprint density at radius 3 is 2.50 bits per heavy atom. The van der Waals surface area contributed by atoms with Crippen molar-refractivity contribution in [2.75, 3.05) is 6.61 Å². The van der Waals surface area contributed by atoms with E-state index in [0.29, 0.717) is 11.1 Å². The highest BCUT2D eigenvalue weighted by Crippen LogP contribution is 2.25. The van der Waals surface area contributed by atoms with Gasteiger partial charge in [0.25, 0.3) is 0 Å². The van der Waals surface area contributed by atoms with Crippen LogP contribution in [-0.4, -0.2) is 25.7 Å². The van der Waals surface area contributed by atoms with Crippen molar-refractivity contribution in [3.8, 4) is 0 Å². The summed E-state index contributed by atoms with van der Waals surface area (Å²) >= 11 is 0. The average molecular weight is 241 g/mol. The number of rotatable bonds is 2. The first-order valence-corrected chi connectivity index (χ1v) is 6.52. The van der Waals surface area contributed by atoms with Gasteiger partial charge in [-0.15, -0.1) is 0 Å². The number of nitrogens with zero attached hydrogens (tertiary/aromatic N) is 1. The van der Waals surface area contributed by atoms with E-state index in [1.54, 1.807) is 0 Å². The molecule has 0 N–H and O–H groups in total. The summed E-state index contributed by atoms with van der Waals surface area (Å²) in [7, 11) is -3.00. The van der Waals surface area contributed by atoms with E-state index in [2.05, 4.69) is 6.58 Å². The summed E-state index contributed by atoms with van der Waals surface area (Å²) in [5.41, 5.74) is 1.35. The van der Waals surface area contributed by atoms with Crippen molar-refractivity contribution in [1.29, 1.82) is 0 Å². The molecule has 0 atom stereocenters. The standard InChI is InChI=1S/C10H11NO4S/c1-2-3-15-10(12)11-4-8-6-16(13,14)7-9(8)5-11/h2,4-5H,1,3,6-7H2. The predicted octanol–water partition coefficient (Wildman–Crippen LogP) is 1.09. The van der Waals surface area contributed by atoms with Crippen LogP contribution < -0.4 is 0 Å². The van der Waals surface area contributed by atoms with E-state index in [0.717, 1.165) is 0 Å². The summed E-state index contributed by atoms with van der Waals surface area (Å²) < 4.78 is 28.6. The van der Waals surface area contributed by atoms with Crippen LogP contribution in [0.4, 0.5) is 4.79 Å². The van der Waals surface area contributed by atoms with Gasteiger partial charge in [-0.3, -0.25) is 4.57 Å².